The minimum absolute atomic E-state index is 0.112. The molecule has 6 nitrogen and oxygen atoms in total. The van der Waals surface area contributed by atoms with Gasteiger partial charge in [-0.25, -0.2) is 9.78 Å². The van der Waals surface area contributed by atoms with Crippen molar-refractivity contribution < 1.29 is 14.3 Å². The molecule has 0 aliphatic rings. The number of hydrogen-bond donors (Lipinski definition) is 2. The first-order valence-corrected chi connectivity index (χ1v) is 4.83. The zero-order chi connectivity index (χ0) is 10.8. The van der Waals surface area contributed by atoms with Crippen molar-refractivity contribution in [1.29, 1.82) is 0 Å². The fourth-order valence-corrected chi connectivity index (χ4v) is 1.55. The summed E-state index contributed by atoms with van der Waals surface area (Å²) >= 11 is 1.18. The highest BCUT2D eigenvalue weighted by atomic mass is 32.1. The van der Waals surface area contributed by atoms with Crippen LogP contribution in [0.25, 0.3) is 0 Å². The highest BCUT2D eigenvalue weighted by Crippen LogP contribution is 2.20. The lowest BCUT2D eigenvalue weighted by Crippen LogP contribution is -1.92. The quantitative estimate of drug-likeness (QED) is 0.829. The number of rotatable bonds is 3. The molecule has 0 radical (unpaired) electrons. The van der Waals surface area contributed by atoms with Gasteiger partial charge in [0.25, 0.3) is 0 Å². The highest BCUT2D eigenvalue weighted by Gasteiger charge is 2.09. The zero-order valence-electron chi connectivity index (χ0n) is 7.72. The van der Waals surface area contributed by atoms with Crippen LogP contribution in [-0.2, 0) is 0 Å². The second-order valence-electron chi connectivity index (χ2n) is 2.74. The van der Waals surface area contributed by atoms with Gasteiger partial charge in [0, 0.05) is 17.6 Å². The van der Waals surface area contributed by atoms with Crippen LogP contribution in [0.15, 0.2) is 16.5 Å². The Hall–Kier alpha value is -1.89. The smallest absolute Gasteiger partial charge is 0.371 e. The lowest BCUT2D eigenvalue weighted by atomic mass is 10.5. The molecule has 0 bridgehead atoms. The molecule has 0 saturated carbocycles. The number of aromatic nitrogens is 2. The molecule has 0 spiro atoms. The van der Waals surface area contributed by atoms with Crippen molar-refractivity contribution in [3.8, 4) is 0 Å². The lowest BCUT2D eigenvalue weighted by molar-refractivity contribution is 0.0663. The third-order valence-corrected chi connectivity index (χ3v) is 2.30. The summed E-state index contributed by atoms with van der Waals surface area (Å²) in [5.74, 6) is -0.216. The molecule has 0 aliphatic carbocycles. The number of aryl methyl sites for hydroxylation is 1. The third-order valence-electron chi connectivity index (χ3n) is 1.57. The number of furan rings is 1. The van der Waals surface area contributed by atoms with Crippen LogP contribution in [0.2, 0.25) is 0 Å². The predicted molar refractivity (Wildman–Crippen MR) is 53.6 cm³/mol. The second-order valence-corrected chi connectivity index (χ2v) is 3.49. The van der Waals surface area contributed by atoms with Crippen molar-refractivity contribution in [2.75, 3.05) is 5.32 Å². The van der Waals surface area contributed by atoms with Gasteiger partial charge in [-0.3, -0.25) is 0 Å². The number of carbonyl (C=O) groups is 1. The SMILES string of the molecule is Cc1nsc(Nc2ccc(C(=O)O)o2)n1. The molecule has 15 heavy (non-hydrogen) atoms. The Bertz CT molecular complexity index is 491. The van der Waals surface area contributed by atoms with Crippen LogP contribution in [0, 0.1) is 6.92 Å². The normalized spacial score (nSPS) is 10.2. The minimum Gasteiger partial charge on any atom is -0.475 e. The van der Waals surface area contributed by atoms with E-state index in [0.29, 0.717) is 16.8 Å². The Balaban J connectivity index is 2.14. The Kier molecular flexibility index (Phi) is 2.38. The third kappa shape index (κ3) is 2.13. The molecular weight excluding hydrogens is 218 g/mol. The summed E-state index contributed by atoms with van der Waals surface area (Å²) in [7, 11) is 0. The number of hydrogen-bond acceptors (Lipinski definition) is 6. The molecule has 0 fully saturated rings. The van der Waals surface area contributed by atoms with Crippen LogP contribution in [0.4, 0.5) is 11.0 Å². The molecule has 78 valence electrons. The van der Waals surface area contributed by atoms with Gasteiger partial charge in [0.2, 0.25) is 10.9 Å². The van der Waals surface area contributed by atoms with Crippen LogP contribution in [0.1, 0.15) is 16.4 Å². The molecule has 0 saturated heterocycles. The Labute approximate surface area is 88.7 Å². The van der Waals surface area contributed by atoms with Crippen LogP contribution in [0.5, 0.6) is 0 Å². The lowest BCUT2D eigenvalue weighted by Gasteiger charge is -1.94. The minimum atomic E-state index is -1.10. The van der Waals surface area contributed by atoms with E-state index in [1.807, 2.05) is 0 Å². The maximum absolute atomic E-state index is 10.5. The molecule has 0 atom stereocenters. The molecule has 2 aromatic heterocycles. The average Bonchev–Trinajstić information content (AvgIpc) is 2.76. The second kappa shape index (κ2) is 3.70. The van der Waals surface area contributed by atoms with E-state index in [2.05, 4.69) is 14.7 Å². The first kappa shape index (κ1) is 9.66. The summed E-state index contributed by atoms with van der Waals surface area (Å²) < 4.78 is 8.95. The average molecular weight is 225 g/mol. The van der Waals surface area contributed by atoms with E-state index in [1.165, 1.54) is 23.7 Å². The van der Waals surface area contributed by atoms with Crippen LogP contribution in [-0.4, -0.2) is 20.4 Å². The molecule has 0 amide bonds. The van der Waals surface area contributed by atoms with Crippen molar-refractivity contribution >= 4 is 28.5 Å². The summed E-state index contributed by atoms with van der Waals surface area (Å²) in [5, 5.41) is 12.0. The number of nitrogens with one attached hydrogen (secondary N) is 1. The van der Waals surface area contributed by atoms with Crippen molar-refractivity contribution in [3.63, 3.8) is 0 Å². The first-order valence-electron chi connectivity index (χ1n) is 4.05. The summed E-state index contributed by atoms with van der Waals surface area (Å²) in [6.45, 7) is 1.77. The van der Waals surface area contributed by atoms with E-state index in [9.17, 15) is 4.79 Å². The van der Waals surface area contributed by atoms with Gasteiger partial charge in [0.15, 0.2) is 5.88 Å². The van der Waals surface area contributed by atoms with Crippen molar-refractivity contribution in [3.05, 3.63) is 23.7 Å². The molecule has 2 N–H and O–H groups in total. The van der Waals surface area contributed by atoms with Gasteiger partial charge in [0.1, 0.15) is 5.82 Å². The number of carboxylic acids is 1. The Morgan fingerprint density at radius 3 is 2.93 bits per heavy atom. The van der Waals surface area contributed by atoms with Gasteiger partial charge in [-0.15, -0.1) is 0 Å². The number of aromatic carboxylic acids is 1. The highest BCUT2D eigenvalue weighted by molar-refractivity contribution is 7.09. The van der Waals surface area contributed by atoms with Gasteiger partial charge in [0.05, 0.1) is 0 Å². The summed E-state index contributed by atoms with van der Waals surface area (Å²) in [6.07, 6.45) is 0. The van der Waals surface area contributed by atoms with Crippen LogP contribution >= 0.6 is 11.5 Å². The summed E-state index contributed by atoms with van der Waals surface area (Å²) in [5.41, 5.74) is 0. The van der Waals surface area contributed by atoms with E-state index >= 15 is 0 Å². The maximum Gasteiger partial charge on any atom is 0.371 e. The number of carboxylic acid groups (broad SMARTS) is 1. The van der Waals surface area contributed by atoms with Gasteiger partial charge in [-0.1, -0.05) is 0 Å². The Morgan fingerprint density at radius 2 is 2.40 bits per heavy atom. The van der Waals surface area contributed by atoms with E-state index in [1.54, 1.807) is 6.92 Å². The molecule has 0 aliphatic heterocycles. The van der Waals surface area contributed by atoms with Crippen molar-refractivity contribution in [2.45, 2.75) is 6.92 Å². The molecular formula is C8H7N3O3S. The number of nitrogens with zero attached hydrogens (tertiary/aromatic N) is 2. The molecule has 0 unspecified atom stereocenters. The van der Waals surface area contributed by atoms with Crippen molar-refractivity contribution in [2.24, 2.45) is 0 Å². The van der Waals surface area contributed by atoms with E-state index in [4.69, 9.17) is 9.52 Å². The molecule has 2 aromatic rings. The van der Waals surface area contributed by atoms with Crippen molar-refractivity contribution in [1.82, 2.24) is 9.36 Å². The molecule has 2 heterocycles. The molecule has 2 rings (SSSR count). The monoisotopic (exact) mass is 225 g/mol. The largest absolute Gasteiger partial charge is 0.475 e. The fourth-order valence-electron chi connectivity index (χ4n) is 0.973. The fraction of sp³-hybridized carbons (Fsp3) is 0.125. The predicted octanol–water partition coefficient (Wildman–Crippen LogP) is 1.88. The van der Waals surface area contributed by atoms with Crippen LogP contribution in [0.3, 0.4) is 0 Å². The number of anilines is 2. The summed E-state index contributed by atoms with van der Waals surface area (Å²) in [6, 6.07) is 2.90. The van der Waals surface area contributed by atoms with Gasteiger partial charge < -0.3 is 14.8 Å². The molecule has 0 aromatic carbocycles. The van der Waals surface area contributed by atoms with Gasteiger partial charge in [-0.05, 0) is 13.0 Å². The van der Waals surface area contributed by atoms with Crippen LogP contribution < -0.4 is 5.32 Å². The maximum atomic E-state index is 10.5. The van der Waals surface area contributed by atoms with E-state index in [-0.39, 0.29) is 5.76 Å². The zero-order valence-corrected chi connectivity index (χ0v) is 8.54. The molecule has 7 heteroatoms. The topological polar surface area (TPSA) is 88.2 Å². The van der Waals surface area contributed by atoms with Gasteiger partial charge in [-0.2, -0.15) is 4.37 Å². The standard InChI is InChI=1S/C8H7N3O3S/c1-4-9-8(15-11-4)10-6-3-2-5(14-6)7(12)13/h2-3H,1H3,(H,12,13)(H,9,10,11). The summed E-state index contributed by atoms with van der Waals surface area (Å²) in [4.78, 5) is 14.6. The van der Waals surface area contributed by atoms with E-state index < -0.39 is 5.97 Å². The van der Waals surface area contributed by atoms with Gasteiger partial charge >= 0.3 is 5.97 Å². The first-order chi connectivity index (χ1) is 7.15. The Morgan fingerprint density at radius 1 is 1.60 bits per heavy atom. The van der Waals surface area contributed by atoms with E-state index in [0.717, 1.165) is 0 Å².